The summed E-state index contributed by atoms with van der Waals surface area (Å²) in [4.78, 5) is 30.3. The van der Waals surface area contributed by atoms with Gasteiger partial charge in [-0.2, -0.15) is 0 Å². The summed E-state index contributed by atoms with van der Waals surface area (Å²) in [6.07, 6.45) is 1.57. The van der Waals surface area contributed by atoms with Crippen molar-refractivity contribution in [1.29, 1.82) is 0 Å². The maximum Gasteiger partial charge on any atom is 0.274 e. The fraction of sp³-hybridized carbons (Fsp3) is 0.0625. The molecule has 1 aromatic carbocycles. The Kier molecular flexibility index (Phi) is 3.23. The van der Waals surface area contributed by atoms with E-state index in [-0.39, 0.29) is 11.5 Å². The van der Waals surface area contributed by atoms with Crippen LogP contribution in [0, 0.1) is 6.92 Å². The van der Waals surface area contributed by atoms with Crippen molar-refractivity contribution >= 4 is 22.5 Å². The predicted molar refractivity (Wildman–Crippen MR) is 81.5 cm³/mol. The number of aromatic amines is 1. The average Bonchev–Trinajstić information content (AvgIpc) is 2.47. The SMILES string of the molecule is Cc1cc(=O)[nH]c2cc(NC(=O)c3ccccn3)ccc12. The zero-order chi connectivity index (χ0) is 14.8. The van der Waals surface area contributed by atoms with Crippen LogP contribution in [0.5, 0.6) is 0 Å². The molecule has 104 valence electrons. The molecule has 1 amide bonds. The molecule has 2 heterocycles. The number of carbonyl (C=O) groups excluding carboxylic acids is 1. The number of H-pyrrole nitrogens is 1. The van der Waals surface area contributed by atoms with Crippen LogP contribution in [0.25, 0.3) is 10.9 Å². The number of hydrogen-bond donors (Lipinski definition) is 2. The predicted octanol–water partition coefficient (Wildman–Crippen LogP) is 2.48. The summed E-state index contributed by atoms with van der Waals surface area (Å²) in [6.45, 7) is 1.88. The molecular formula is C16H13N3O2. The Bertz CT molecular complexity index is 870. The molecular weight excluding hydrogens is 266 g/mol. The van der Waals surface area contributed by atoms with Crippen molar-refractivity contribution in [2.45, 2.75) is 6.92 Å². The maximum atomic E-state index is 12.0. The summed E-state index contributed by atoms with van der Waals surface area (Å²) in [6, 6.07) is 12.1. The maximum absolute atomic E-state index is 12.0. The highest BCUT2D eigenvalue weighted by Gasteiger charge is 2.07. The van der Waals surface area contributed by atoms with Gasteiger partial charge >= 0.3 is 0 Å². The van der Waals surface area contributed by atoms with E-state index in [1.54, 1.807) is 42.6 Å². The van der Waals surface area contributed by atoms with E-state index in [2.05, 4.69) is 15.3 Å². The van der Waals surface area contributed by atoms with E-state index in [4.69, 9.17) is 0 Å². The zero-order valence-corrected chi connectivity index (χ0v) is 11.4. The molecule has 3 aromatic rings. The van der Waals surface area contributed by atoms with Crippen LogP contribution in [0.1, 0.15) is 16.1 Å². The average molecular weight is 279 g/mol. The normalized spacial score (nSPS) is 10.5. The lowest BCUT2D eigenvalue weighted by Gasteiger charge is -2.07. The van der Waals surface area contributed by atoms with Gasteiger partial charge in [0.1, 0.15) is 5.69 Å². The van der Waals surface area contributed by atoms with Crippen LogP contribution in [0.15, 0.2) is 53.5 Å². The molecule has 2 N–H and O–H groups in total. The Morgan fingerprint density at radius 3 is 2.81 bits per heavy atom. The van der Waals surface area contributed by atoms with E-state index in [1.165, 1.54) is 0 Å². The number of amides is 1. The number of benzene rings is 1. The molecule has 3 rings (SSSR count). The van der Waals surface area contributed by atoms with Gasteiger partial charge in [0.15, 0.2) is 0 Å². The minimum absolute atomic E-state index is 0.159. The van der Waals surface area contributed by atoms with E-state index < -0.39 is 0 Å². The topological polar surface area (TPSA) is 74.8 Å². The first-order chi connectivity index (χ1) is 10.1. The van der Waals surface area contributed by atoms with E-state index >= 15 is 0 Å². The molecule has 0 aliphatic heterocycles. The number of aryl methyl sites for hydroxylation is 1. The Morgan fingerprint density at radius 2 is 2.05 bits per heavy atom. The van der Waals surface area contributed by atoms with Gasteiger partial charge in [-0.05, 0) is 36.8 Å². The molecule has 5 nitrogen and oxygen atoms in total. The first-order valence-corrected chi connectivity index (χ1v) is 6.49. The molecule has 2 aromatic heterocycles. The van der Waals surface area contributed by atoms with Gasteiger partial charge in [-0.1, -0.05) is 12.1 Å². The summed E-state index contributed by atoms with van der Waals surface area (Å²) in [7, 11) is 0. The summed E-state index contributed by atoms with van der Waals surface area (Å²) in [5.74, 6) is -0.287. The lowest BCUT2D eigenvalue weighted by Crippen LogP contribution is -2.13. The smallest absolute Gasteiger partial charge is 0.274 e. The van der Waals surface area contributed by atoms with Crippen molar-refractivity contribution in [2.24, 2.45) is 0 Å². The zero-order valence-electron chi connectivity index (χ0n) is 11.4. The number of carbonyl (C=O) groups is 1. The van der Waals surface area contributed by atoms with Gasteiger partial charge in [0.25, 0.3) is 5.91 Å². The van der Waals surface area contributed by atoms with Crippen molar-refractivity contribution in [3.63, 3.8) is 0 Å². The van der Waals surface area contributed by atoms with E-state index in [0.29, 0.717) is 16.9 Å². The highest BCUT2D eigenvalue weighted by atomic mass is 16.2. The first kappa shape index (κ1) is 13.1. The molecule has 0 unspecified atom stereocenters. The first-order valence-electron chi connectivity index (χ1n) is 6.49. The van der Waals surface area contributed by atoms with Gasteiger partial charge in [-0.15, -0.1) is 0 Å². The van der Waals surface area contributed by atoms with Gasteiger partial charge in [-0.25, -0.2) is 0 Å². The van der Waals surface area contributed by atoms with Crippen LogP contribution in [0.3, 0.4) is 0 Å². The third kappa shape index (κ3) is 2.67. The third-order valence-electron chi connectivity index (χ3n) is 3.21. The van der Waals surface area contributed by atoms with Crippen molar-refractivity contribution in [2.75, 3.05) is 5.32 Å². The lowest BCUT2D eigenvalue weighted by molar-refractivity contribution is 0.102. The van der Waals surface area contributed by atoms with Gasteiger partial charge < -0.3 is 10.3 Å². The largest absolute Gasteiger partial charge is 0.322 e. The molecule has 0 radical (unpaired) electrons. The Morgan fingerprint density at radius 1 is 1.19 bits per heavy atom. The number of hydrogen-bond acceptors (Lipinski definition) is 3. The Hall–Kier alpha value is -2.95. The molecule has 21 heavy (non-hydrogen) atoms. The van der Waals surface area contributed by atoms with Crippen molar-refractivity contribution < 1.29 is 4.79 Å². The van der Waals surface area contributed by atoms with Crippen LogP contribution in [-0.4, -0.2) is 15.9 Å². The minimum atomic E-state index is -0.287. The molecule has 0 atom stereocenters. The summed E-state index contributed by atoms with van der Waals surface area (Å²) < 4.78 is 0. The van der Waals surface area contributed by atoms with Gasteiger partial charge in [-0.3, -0.25) is 14.6 Å². The number of fused-ring (bicyclic) bond motifs is 1. The van der Waals surface area contributed by atoms with Gasteiger partial charge in [0, 0.05) is 23.3 Å². The van der Waals surface area contributed by atoms with Crippen molar-refractivity contribution in [3.8, 4) is 0 Å². The third-order valence-corrected chi connectivity index (χ3v) is 3.21. The number of nitrogens with one attached hydrogen (secondary N) is 2. The van der Waals surface area contributed by atoms with Crippen LogP contribution in [0.4, 0.5) is 5.69 Å². The fourth-order valence-corrected chi connectivity index (χ4v) is 2.20. The number of nitrogens with zero attached hydrogens (tertiary/aromatic N) is 1. The van der Waals surface area contributed by atoms with E-state index in [9.17, 15) is 9.59 Å². The number of rotatable bonds is 2. The number of anilines is 1. The van der Waals surface area contributed by atoms with Crippen molar-refractivity contribution in [3.05, 3.63) is 70.3 Å². The fourth-order valence-electron chi connectivity index (χ4n) is 2.20. The molecule has 0 aliphatic rings. The number of aromatic nitrogens is 2. The highest BCUT2D eigenvalue weighted by Crippen LogP contribution is 2.19. The Labute approximate surface area is 120 Å². The van der Waals surface area contributed by atoms with Gasteiger partial charge in [0.05, 0.1) is 5.52 Å². The number of pyridine rings is 2. The molecule has 5 heteroatoms. The quantitative estimate of drug-likeness (QED) is 0.756. The second kappa shape index (κ2) is 5.20. The molecule has 0 saturated carbocycles. The second-order valence-electron chi connectivity index (χ2n) is 4.75. The molecule has 0 fully saturated rings. The standard InChI is InChI=1S/C16H13N3O2/c1-10-8-15(20)19-14-9-11(5-6-12(10)14)18-16(21)13-4-2-3-7-17-13/h2-9H,1H3,(H,18,21)(H,19,20). The van der Waals surface area contributed by atoms with Crippen LogP contribution in [-0.2, 0) is 0 Å². The van der Waals surface area contributed by atoms with E-state index in [0.717, 1.165) is 10.9 Å². The molecule has 0 spiro atoms. The summed E-state index contributed by atoms with van der Waals surface area (Å²) >= 11 is 0. The lowest BCUT2D eigenvalue weighted by atomic mass is 10.1. The van der Waals surface area contributed by atoms with Crippen LogP contribution in [0.2, 0.25) is 0 Å². The van der Waals surface area contributed by atoms with Crippen LogP contribution < -0.4 is 10.9 Å². The Balaban J connectivity index is 1.95. The van der Waals surface area contributed by atoms with Crippen LogP contribution >= 0.6 is 0 Å². The van der Waals surface area contributed by atoms with Crippen molar-refractivity contribution in [1.82, 2.24) is 9.97 Å². The minimum Gasteiger partial charge on any atom is -0.322 e. The molecule has 0 bridgehead atoms. The van der Waals surface area contributed by atoms with Gasteiger partial charge in [0.2, 0.25) is 5.56 Å². The molecule has 0 aliphatic carbocycles. The highest BCUT2D eigenvalue weighted by molar-refractivity contribution is 6.03. The second-order valence-corrected chi connectivity index (χ2v) is 4.75. The van der Waals surface area contributed by atoms with E-state index in [1.807, 2.05) is 13.0 Å². The summed E-state index contributed by atoms with van der Waals surface area (Å²) in [5.41, 5.74) is 2.39. The summed E-state index contributed by atoms with van der Waals surface area (Å²) in [5, 5.41) is 3.72. The molecule has 0 saturated heterocycles. The monoisotopic (exact) mass is 279 g/mol.